The first kappa shape index (κ1) is 25.5. The summed E-state index contributed by atoms with van der Waals surface area (Å²) in [5, 5.41) is 25.9. The lowest BCUT2D eigenvalue weighted by Gasteiger charge is -2.24. The van der Waals surface area contributed by atoms with E-state index in [0.29, 0.717) is 5.69 Å². The van der Waals surface area contributed by atoms with Gasteiger partial charge in [-0.05, 0) is 13.8 Å². The molecule has 0 aromatic carbocycles. The van der Waals surface area contributed by atoms with Gasteiger partial charge < -0.3 is 42.6 Å². The lowest BCUT2D eigenvalue weighted by Crippen LogP contribution is -2.59. The minimum atomic E-state index is -1.48. The number of nitrogens with two attached hydrogens (primary N) is 2. The molecule has 5 unspecified atom stereocenters. The first-order chi connectivity index (χ1) is 14.4. The Hall–Kier alpha value is -3.52. The first-order valence-electron chi connectivity index (χ1n) is 9.25. The number of aromatic nitrogens is 2. The summed E-state index contributed by atoms with van der Waals surface area (Å²) in [6.07, 6.45) is 0.870. The van der Waals surface area contributed by atoms with Crippen LogP contribution in [0.5, 0.6) is 0 Å². The van der Waals surface area contributed by atoms with Gasteiger partial charge in [0.25, 0.3) is 0 Å². The van der Waals surface area contributed by atoms with Crippen molar-refractivity contribution in [3.63, 3.8) is 0 Å². The molecule has 1 rings (SSSR count). The van der Waals surface area contributed by atoms with Crippen LogP contribution in [0.2, 0.25) is 0 Å². The van der Waals surface area contributed by atoms with Crippen molar-refractivity contribution in [1.82, 2.24) is 25.9 Å². The minimum absolute atomic E-state index is 0.0636. The van der Waals surface area contributed by atoms with E-state index in [-0.39, 0.29) is 6.42 Å². The number of carbonyl (C=O) groups is 5. The average molecular weight is 441 g/mol. The van der Waals surface area contributed by atoms with Gasteiger partial charge in [0.15, 0.2) is 0 Å². The molecule has 10 N–H and O–H groups in total. The number of hydrogen-bond donors (Lipinski definition) is 8. The van der Waals surface area contributed by atoms with E-state index in [1.54, 1.807) is 0 Å². The maximum Gasteiger partial charge on any atom is 0.326 e. The molecule has 5 atom stereocenters. The van der Waals surface area contributed by atoms with Gasteiger partial charge in [0.2, 0.25) is 23.6 Å². The van der Waals surface area contributed by atoms with Gasteiger partial charge in [-0.15, -0.1) is 0 Å². The fraction of sp³-hybridized carbons (Fsp3) is 0.529. The number of carbonyl (C=O) groups excluding carboxylic acids is 4. The number of amides is 4. The fourth-order valence-electron chi connectivity index (χ4n) is 2.46. The van der Waals surface area contributed by atoms with Gasteiger partial charge in [-0.25, -0.2) is 9.78 Å². The van der Waals surface area contributed by atoms with Crippen LogP contribution < -0.4 is 27.4 Å². The predicted octanol–water partition coefficient (Wildman–Crippen LogP) is -3.91. The second kappa shape index (κ2) is 11.6. The molecule has 0 radical (unpaired) electrons. The molecule has 1 aromatic rings. The number of nitrogens with one attached hydrogen (secondary N) is 4. The van der Waals surface area contributed by atoms with Crippen molar-refractivity contribution >= 4 is 29.6 Å². The number of aromatic amines is 1. The van der Waals surface area contributed by atoms with Crippen molar-refractivity contribution in [2.45, 2.75) is 57.0 Å². The second-order valence-corrected chi connectivity index (χ2v) is 6.91. The van der Waals surface area contributed by atoms with Crippen LogP contribution in [-0.4, -0.2) is 80.1 Å². The zero-order valence-corrected chi connectivity index (χ0v) is 17.0. The van der Waals surface area contributed by atoms with E-state index in [1.165, 1.54) is 26.4 Å². The fourth-order valence-corrected chi connectivity index (χ4v) is 2.46. The highest BCUT2D eigenvalue weighted by molar-refractivity contribution is 5.95. The van der Waals surface area contributed by atoms with Crippen LogP contribution in [0, 0.1) is 0 Å². The third-order valence-electron chi connectivity index (χ3n) is 4.17. The van der Waals surface area contributed by atoms with Crippen molar-refractivity contribution in [3.8, 4) is 0 Å². The van der Waals surface area contributed by atoms with E-state index < -0.39 is 66.3 Å². The third-order valence-corrected chi connectivity index (χ3v) is 4.17. The van der Waals surface area contributed by atoms with Crippen LogP contribution in [0.3, 0.4) is 0 Å². The number of aliphatic hydroxyl groups excluding tert-OH is 1. The molecule has 1 heterocycles. The molecule has 172 valence electrons. The van der Waals surface area contributed by atoms with E-state index in [9.17, 15) is 34.2 Å². The molecule has 0 bridgehead atoms. The molecule has 31 heavy (non-hydrogen) atoms. The second-order valence-electron chi connectivity index (χ2n) is 6.91. The van der Waals surface area contributed by atoms with E-state index in [0.717, 1.165) is 0 Å². The minimum Gasteiger partial charge on any atom is -0.480 e. The Labute approximate surface area is 177 Å². The van der Waals surface area contributed by atoms with Crippen molar-refractivity contribution in [3.05, 3.63) is 18.2 Å². The van der Waals surface area contributed by atoms with E-state index in [4.69, 9.17) is 11.5 Å². The van der Waals surface area contributed by atoms with Gasteiger partial charge in [-0.1, -0.05) is 0 Å². The number of carboxylic acid groups (broad SMARTS) is 1. The number of carboxylic acids is 1. The molecular weight excluding hydrogens is 414 g/mol. The third kappa shape index (κ3) is 8.39. The van der Waals surface area contributed by atoms with Crippen LogP contribution in [0.25, 0.3) is 0 Å². The zero-order valence-electron chi connectivity index (χ0n) is 17.0. The maximum absolute atomic E-state index is 12.4. The number of nitrogens with zero attached hydrogens (tertiary/aromatic N) is 1. The molecule has 1 aromatic heterocycles. The SMILES string of the molecule is CC(NC(=O)C(NC(=O)C(N)CC(N)=O)C(C)O)C(=O)NC(Cc1cnc[nH]1)C(=O)O. The monoisotopic (exact) mass is 441 g/mol. The van der Waals surface area contributed by atoms with Crippen LogP contribution in [0.15, 0.2) is 12.5 Å². The number of H-pyrrole nitrogens is 1. The Balaban J connectivity index is 2.72. The van der Waals surface area contributed by atoms with Gasteiger partial charge in [0.1, 0.15) is 18.1 Å². The summed E-state index contributed by atoms with van der Waals surface area (Å²) >= 11 is 0. The Morgan fingerprint density at radius 1 is 1.10 bits per heavy atom. The number of rotatable bonds is 12. The maximum atomic E-state index is 12.4. The Morgan fingerprint density at radius 3 is 2.23 bits per heavy atom. The van der Waals surface area contributed by atoms with Gasteiger partial charge >= 0.3 is 5.97 Å². The number of imidazole rings is 1. The summed E-state index contributed by atoms with van der Waals surface area (Å²) in [5.74, 6) is -4.74. The number of hydrogen-bond acceptors (Lipinski definition) is 8. The molecule has 0 aliphatic rings. The van der Waals surface area contributed by atoms with Crippen LogP contribution in [0.1, 0.15) is 26.0 Å². The Bertz CT molecular complexity index is 797. The Morgan fingerprint density at radius 2 is 1.74 bits per heavy atom. The molecule has 14 nitrogen and oxygen atoms in total. The van der Waals surface area contributed by atoms with E-state index >= 15 is 0 Å². The molecule has 0 aliphatic heterocycles. The highest BCUT2D eigenvalue weighted by Gasteiger charge is 2.31. The van der Waals surface area contributed by atoms with E-state index in [1.807, 2.05) is 0 Å². The summed E-state index contributed by atoms with van der Waals surface area (Å²) in [5.41, 5.74) is 10.9. The summed E-state index contributed by atoms with van der Waals surface area (Å²) in [6.45, 7) is 2.52. The summed E-state index contributed by atoms with van der Waals surface area (Å²) in [7, 11) is 0. The summed E-state index contributed by atoms with van der Waals surface area (Å²) < 4.78 is 0. The molecule has 0 spiro atoms. The van der Waals surface area contributed by atoms with Gasteiger partial charge in [0, 0.05) is 18.3 Å². The first-order valence-corrected chi connectivity index (χ1v) is 9.25. The average Bonchev–Trinajstić information content (AvgIpc) is 3.17. The lowest BCUT2D eigenvalue weighted by atomic mass is 10.1. The van der Waals surface area contributed by atoms with Crippen LogP contribution in [0.4, 0.5) is 0 Å². The molecule has 0 aliphatic carbocycles. The molecule has 4 amide bonds. The molecular formula is C17H27N7O7. The van der Waals surface area contributed by atoms with Gasteiger partial charge in [0.05, 0.1) is 24.9 Å². The topological polar surface area (TPSA) is 243 Å². The number of aliphatic carboxylic acids is 1. The van der Waals surface area contributed by atoms with Crippen molar-refractivity contribution in [2.75, 3.05) is 0 Å². The highest BCUT2D eigenvalue weighted by Crippen LogP contribution is 2.01. The predicted molar refractivity (Wildman–Crippen MR) is 105 cm³/mol. The molecule has 14 heteroatoms. The quantitative estimate of drug-likeness (QED) is 0.158. The number of primary amides is 1. The van der Waals surface area contributed by atoms with Gasteiger partial charge in [-0.2, -0.15) is 0 Å². The van der Waals surface area contributed by atoms with Crippen LogP contribution in [-0.2, 0) is 30.4 Å². The highest BCUT2D eigenvalue weighted by atomic mass is 16.4. The zero-order chi connectivity index (χ0) is 23.7. The van der Waals surface area contributed by atoms with Crippen molar-refractivity contribution in [2.24, 2.45) is 11.5 Å². The van der Waals surface area contributed by atoms with Gasteiger partial charge in [-0.3, -0.25) is 19.2 Å². The Kier molecular flexibility index (Phi) is 9.56. The van der Waals surface area contributed by atoms with E-state index in [2.05, 4.69) is 25.9 Å². The van der Waals surface area contributed by atoms with Crippen molar-refractivity contribution < 1.29 is 34.2 Å². The standard InChI is InChI=1S/C17H27N7O7/c1-7(14(27)23-11(17(30)31)3-9-5-20-6-21-9)22-16(29)13(8(2)25)24-15(28)10(18)4-12(19)26/h5-8,10-11,13,25H,3-4,18H2,1-2H3,(H2,19,26)(H,20,21)(H,22,29)(H,23,27)(H,24,28)(H,30,31). The molecule has 0 fully saturated rings. The summed E-state index contributed by atoms with van der Waals surface area (Å²) in [4.78, 5) is 65.5. The lowest BCUT2D eigenvalue weighted by molar-refractivity contribution is -0.142. The molecule has 0 saturated carbocycles. The van der Waals surface area contributed by atoms with Crippen molar-refractivity contribution in [1.29, 1.82) is 0 Å². The largest absolute Gasteiger partial charge is 0.480 e. The normalized spacial score (nSPS) is 15.6. The molecule has 0 saturated heterocycles. The number of aliphatic hydroxyl groups is 1. The smallest absolute Gasteiger partial charge is 0.326 e. The summed E-state index contributed by atoms with van der Waals surface area (Å²) in [6, 6.07) is -5.30. The van der Waals surface area contributed by atoms with Crippen LogP contribution >= 0.6 is 0 Å².